The van der Waals surface area contributed by atoms with Crippen molar-refractivity contribution in [3.63, 3.8) is 0 Å². The van der Waals surface area contributed by atoms with Crippen molar-refractivity contribution in [2.45, 2.75) is 19.9 Å². The maximum atomic E-state index is 12.6. The predicted molar refractivity (Wildman–Crippen MR) is 80.7 cm³/mol. The SMILES string of the molecule is CCN(C(=O)c1cc(NC)ccc1[N+](=O)[O-])C(C)COC. The van der Waals surface area contributed by atoms with E-state index < -0.39 is 4.92 Å². The number of rotatable bonds is 7. The van der Waals surface area contributed by atoms with Crippen LogP contribution in [0.15, 0.2) is 18.2 Å². The number of carbonyl (C=O) groups is 1. The molecule has 21 heavy (non-hydrogen) atoms. The second-order valence-corrected chi connectivity index (χ2v) is 4.63. The fourth-order valence-electron chi connectivity index (χ4n) is 2.16. The molecule has 1 amide bonds. The second-order valence-electron chi connectivity index (χ2n) is 4.63. The highest BCUT2D eigenvalue weighted by Crippen LogP contribution is 2.24. The summed E-state index contributed by atoms with van der Waals surface area (Å²) < 4.78 is 5.05. The number of amides is 1. The van der Waals surface area contributed by atoms with Crippen LogP contribution in [-0.4, -0.2) is 49.1 Å². The van der Waals surface area contributed by atoms with E-state index in [1.54, 1.807) is 25.1 Å². The van der Waals surface area contributed by atoms with Gasteiger partial charge < -0.3 is 15.0 Å². The Balaban J connectivity index is 3.22. The number of carbonyl (C=O) groups excluding carboxylic acids is 1. The molecule has 1 N–H and O–H groups in total. The number of methoxy groups -OCH3 is 1. The van der Waals surface area contributed by atoms with E-state index in [-0.39, 0.29) is 23.2 Å². The number of nitrogens with one attached hydrogen (secondary N) is 1. The third kappa shape index (κ3) is 3.91. The molecule has 116 valence electrons. The van der Waals surface area contributed by atoms with Gasteiger partial charge in [0.1, 0.15) is 5.56 Å². The van der Waals surface area contributed by atoms with Gasteiger partial charge in [-0.2, -0.15) is 0 Å². The van der Waals surface area contributed by atoms with Crippen LogP contribution in [-0.2, 0) is 4.74 Å². The van der Waals surface area contributed by atoms with Crippen molar-refractivity contribution in [3.8, 4) is 0 Å². The second kappa shape index (κ2) is 7.58. The van der Waals surface area contributed by atoms with E-state index in [9.17, 15) is 14.9 Å². The van der Waals surface area contributed by atoms with Crippen molar-refractivity contribution in [1.29, 1.82) is 0 Å². The molecule has 7 nitrogen and oxygen atoms in total. The fraction of sp³-hybridized carbons (Fsp3) is 0.500. The van der Waals surface area contributed by atoms with Crippen LogP contribution < -0.4 is 5.32 Å². The summed E-state index contributed by atoms with van der Waals surface area (Å²) in [5, 5.41) is 14.0. The molecule has 0 saturated carbocycles. The first-order chi connectivity index (χ1) is 9.96. The number of nitro groups is 1. The molecule has 7 heteroatoms. The van der Waals surface area contributed by atoms with Gasteiger partial charge in [-0.05, 0) is 26.0 Å². The number of nitrogens with zero attached hydrogens (tertiary/aromatic N) is 2. The van der Waals surface area contributed by atoms with E-state index in [0.29, 0.717) is 18.8 Å². The number of ether oxygens (including phenoxy) is 1. The monoisotopic (exact) mass is 295 g/mol. The van der Waals surface area contributed by atoms with Gasteiger partial charge in [0.25, 0.3) is 11.6 Å². The first-order valence-electron chi connectivity index (χ1n) is 6.72. The number of nitro benzene ring substituents is 1. The first kappa shape index (κ1) is 16.9. The summed E-state index contributed by atoms with van der Waals surface area (Å²) in [6.45, 7) is 4.50. The Morgan fingerprint density at radius 2 is 2.19 bits per heavy atom. The Morgan fingerprint density at radius 3 is 2.67 bits per heavy atom. The molecule has 0 aliphatic heterocycles. The molecule has 0 radical (unpaired) electrons. The van der Waals surface area contributed by atoms with Crippen molar-refractivity contribution in [2.24, 2.45) is 0 Å². The van der Waals surface area contributed by atoms with E-state index in [0.717, 1.165) is 0 Å². The van der Waals surface area contributed by atoms with Gasteiger partial charge in [0.15, 0.2) is 0 Å². The minimum Gasteiger partial charge on any atom is -0.388 e. The van der Waals surface area contributed by atoms with E-state index in [1.807, 2.05) is 13.8 Å². The van der Waals surface area contributed by atoms with Crippen LogP contribution in [0, 0.1) is 10.1 Å². The number of hydrogen-bond acceptors (Lipinski definition) is 5. The summed E-state index contributed by atoms with van der Waals surface area (Å²) in [5.41, 5.74) is 0.540. The van der Waals surface area contributed by atoms with Gasteiger partial charge in [-0.3, -0.25) is 14.9 Å². The smallest absolute Gasteiger partial charge is 0.282 e. The lowest BCUT2D eigenvalue weighted by Crippen LogP contribution is -2.41. The molecular weight excluding hydrogens is 274 g/mol. The summed E-state index contributed by atoms with van der Waals surface area (Å²) >= 11 is 0. The van der Waals surface area contributed by atoms with E-state index >= 15 is 0 Å². The predicted octanol–water partition coefficient (Wildman–Crippen LogP) is 2.13. The van der Waals surface area contributed by atoms with Gasteiger partial charge in [-0.25, -0.2) is 0 Å². The van der Waals surface area contributed by atoms with Gasteiger partial charge in [0.2, 0.25) is 0 Å². The van der Waals surface area contributed by atoms with Gasteiger partial charge in [0, 0.05) is 32.5 Å². The minimum atomic E-state index is -0.540. The highest BCUT2D eigenvalue weighted by atomic mass is 16.6. The maximum absolute atomic E-state index is 12.6. The topological polar surface area (TPSA) is 84.7 Å². The number of likely N-dealkylation sites (N-methyl/N-ethyl adjacent to an activating group) is 1. The zero-order valence-corrected chi connectivity index (χ0v) is 12.8. The summed E-state index contributed by atoms with van der Waals surface area (Å²) in [5.74, 6) is -0.370. The molecule has 1 unspecified atom stereocenters. The van der Waals surface area contributed by atoms with Crippen LogP contribution in [0.4, 0.5) is 11.4 Å². The van der Waals surface area contributed by atoms with Gasteiger partial charge in [-0.1, -0.05) is 0 Å². The Labute approximate surface area is 124 Å². The molecule has 1 aromatic carbocycles. The summed E-state index contributed by atoms with van der Waals surface area (Å²) in [4.78, 5) is 24.8. The van der Waals surface area contributed by atoms with Crippen LogP contribution in [0.2, 0.25) is 0 Å². The molecule has 0 saturated heterocycles. The van der Waals surface area contributed by atoms with Crippen LogP contribution in [0.3, 0.4) is 0 Å². The highest BCUT2D eigenvalue weighted by molar-refractivity contribution is 5.99. The molecule has 0 spiro atoms. The van der Waals surface area contributed by atoms with Gasteiger partial charge >= 0.3 is 0 Å². The Bertz CT molecular complexity index is 519. The number of benzene rings is 1. The van der Waals surface area contributed by atoms with Gasteiger partial charge in [-0.15, -0.1) is 0 Å². The maximum Gasteiger partial charge on any atom is 0.282 e. The molecular formula is C14H21N3O4. The normalized spacial score (nSPS) is 11.8. The van der Waals surface area contributed by atoms with Crippen molar-refractivity contribution in [3.05, 3.63) is 33.9 Å². The molecule has 0 aliphatic rings. The number of anilines is 1. The Kier molecular flexibility index (Phi) is 6.10. The summed E-state index contributed by atoms with van der Waals surface area (Å²) in [7, 11) is 3.25. The third-order valence-corrected chi connectivity index (χ3v) is 3.25. The lowest BCUT2D eigenvalue weighted by molar-refractivity contribution is -0.385. The first-order valence-corrected chi connectivity index (χ1v) is 6.72. The fourth-order valence-corrected chi connectivity index (χ4v) is 2.16. The number of hydrogen-bond donors (Lipinski definition) is 1. The Hall–Kier alpha value is -2.15. The molecule has 1 aromatic rings. The molecule has 1 rings (SSSR count). The van der Waals surface area contributed by atoms with Crippen LogP contribution >= 0.6 is 0 Å². The molecule has 0 fully saturated rings. The van der Waals surface area contributed by atoms with Crippen LogP contribution in [0.25, 0.3) is 0 Å². The average Bonchev–Trinajstić information content (AvgIpc) is 2.47. The molecule has 1 atom stereocenters. The third-order valence-electron chi connectivity index (χ3n) is 3.25. The largest absolute Gasteiger partial charge is 0.388 e. The average molecular weight is 295 g/mol. The van der Waals surface area contributed by atoms with Crippen molar-refractivity contribution in [1.82, 2.24) is 4.90 Å². The zero-order valence-electron chi connectivity index (χ0n) is 12.8. The summed E-state index contributed by atoms with van der Waals surface area (Å²) in [6.07, 6.45) is 0. The van der Waals surface area contributed by atoms with E-state index in [4.69, 9.17) is 4.74 Å². The lowest BCUT2D eigenvalue weighted by Gasteiger charge is -2.27. The minimum absolute atomic E-state index is 0.0802. The van der Waals surface area contributed by atoms with Crippen LogP contribution in [0.5, 0.6) is 0 Å². The molecule has 0 bridgehead atoms. The van der Waals surface area contributed by atoms with Crippen LogP contribution in [0.1, 0.15) is 24.2 Å². The zero-order chi connectivity index (χ0) is 16.0. The van der Waals surface area contributed by atoms with Gasteiger partial charge in [0.05, 0.1) is 17.6 Å². The summed E-state index contributed by atoms with van der Waals surface area (Å²) in [6, 6.07) is 4.26. The molecule has 0 heterocycles. The van der Waals surface area contributed by atoms with E-state index in [1.165, 1.54) is 12.1 Å². The lowest BCUT2D eigenvalue weighted by atomic mass is 10.1. The highest BCUT2D eigenvalue weighted by Gasteiger charge is 2.27. The van der Waals surface area contributed by atoms with Crippen molar-refractivity contribution in [2.75, 3.05) is 32.6 Å². The Morgan fingerprint density at radius 1 is 1.52 bits per heavy atom. The molecule has 0 aliphatic carbocycles. The quantitative estimate of drug-likeness (QED) is 0.615. The molecule has 0 aromatic heterocycles. The standard InChI is InChI=1S/C14H21N3O4/c1-5-16(10(2)9-21-4)14(18)12-8-11(15-3)6-7-13(12)17(19)20/h6-8,10,15H,5,9H2,1-4H3. The van der Waals surface area contributed by atoms with Crippen molar-refractivity contribution < 1.29 is 14.5 Å². The van der Waals surface area contributed by atoms with Crippen molar-refractivity contribution >= 4 is 17.3 Å². The van der Waals surface area contributed by atoms with E-state index in [2.05, 4.69) is 5.32 Å².